The summed E-state index contributed by atoms with van der Waals surface area (Å²) in [6.45, 7) is 5.75. The monoisotopic (exact) mass is 340 g/mol. The molecule has 0 fully saturated rings. The summed E-state index contributed by atoms with van der Waals surface area (Å²) in [6, 6.07) is 15.5. The Morgan fingerprint density at radius 3 is 2.48 bits per heavy atom. The van der Waals surface area contributed by atoms with Crippen LogP contribution in [0.15, 0.2) is 48.5 Å². The van der Waals surface area contributed by atoms with E-state index in [0.717, 1.165) is 22.6 Å². The molecule has 2 aromatic carbocycles. The zero-order valence-electron chi connectivity index (χ0n) is 14.6. The van der Waals surface area contributed by atoms with E-state index in [1.165, 1.54) is 0 Å². The molecule has 25 heavy (non-hydrogen) atoms. The van der Waals surface area contributed by atoms with Crippen LogP contribution in [0.5, 0.6) is 11.5 Å². The average Bonchev–Trinajstić information content (AvgIpc) is 2.64. The molecule has 0 bridgehead atoms. The first-order valence-electron chi connectivity index (χ1n) is 8.61. The molecule has 0 aromatic heterocycles. The Balaban J connectivity index is 1.58. The number of benzene rings is 2. The first-order chi connectivity index (χ1) is 12.1. The second kappa shape index (κ2) is 7.92. The van der Waals surface area contributed by atoms with Crippen molar-refractivity contribution in [1.29, 1.82) is 0 Å². The van der Waals surface area contributed by atoms with E-state index >= 15 is 0 Å². The van der Waals surface area contributed by atoms with Crippen molar-refractivity contribution in [1.82, 2.24) is 10.6 Å². The number of hydrogen-bond acceptors (Lipinski definition) is 3. The van der Waals surface area contributed by atoms with Crippen molar-refractivity contribution in [3.05, 3.63) is 59.7 Å². The summed E-state index contributed by atoms with van der Waals surface area (Å²) in [5, 5.41) is 5.97. The van der Waals surface area contributed by atoms with Crippen LogP contribution >= 0.6 is 0 Å². The predicted molar refractivity (Wildman–Crippen MR) is 96.8 cm³/mol. The van der Waals surface area contributed by atoms with Crippen LogP contribution in [-0.2, 0) is 6.54 Å². The fourth-order valence-electron chi connectivity index (χ4n) is 2.87. The summed E-state index contributed by atoms with van der Waals surface area (Å²) in [4.78, 5) is 12.3. The van der Waals surface area contributed by atoms with Crippen LogP contribution in [0.2, 0.25) is 0 Å². The van der Waals surface area contributed by atoms with Crippen molar-refractivity contribution in [3.63, 3.8) is 0 Å². The number of urea groups is 1. The first-order valence-corrected chi connectivity index (χ1v) is 8.61. The molecule has 1 atom stereocenters. The average molecular weight is 340 g/mol. The fraction of sp³-hybridized carbons (Fsp3) is 0.350. The molecule has 0 radical (unpaired) electrons. The highest BCUT2D eigenvalue weighted by Gasteiger charge is 2.18. The maximum Gasteiger partial charge on any atom is 0.315 e. The van der Waals surface area contributed by atoms with Gasteiger partial charge >= 0.3 is 6.03 Å². The standard InChI is InChI=1S/C20H24N2O3/c1-14(2)19(16-6-4-3-5-7-16)22-20(23)21-13-15-8-9-17-18(12-15)25-11-10-24-17/h3-9,12,14,19H,10-11,13H2,1-2H3,(H2,21,22,23). The molecule has 0 aliphatic carbocycles. The number of nitrogens with one attached hydrogen (secondary N) is 2. The van der Waals surface area contributed by atoms with Crippen molar-refractivity contribution >= 4 is 6.03 Å². The molecule has 1 heterocycles. The lowest BCUT2D eigenvalue weighted by atomic mass is 9.96. The van der Waals surface area contributed by atoms with Crippen LogP contribution in [0.3, 0.4) is 0 Å². The third-order valence-corrected chi connectivity index (χ3v) is 4.17. The highest BCUT2D eigenvalue weighted by molar-refractivity contribution is 5.74. The van der Waals surface area contributed by atoms with Crippen LogP contribution < -0.4 is 20.1 Å². The quantitative estimate of drug-likeness (QED) is 0.873. The number of rotatable bonds is 5. The van der Waals surface area contributed by atoms with Gasteiger partial charge in [-0.25, -0.2) is 4.79 Å². The summed E-state index contributed by atoms with van der Waals surface area (Å²) in [5.41, 5.74) is 2.08. The number of hydrogen-bond donors (Lipinski definition) is 2. The van der Waals surface area contributed by atoms with Gasteiger partial charge in [-0.1, -0.05) is 50.2 Å². The number of amides is 2. The number of carbonyl (C=O) groups excluding carboxylic acids is 1. The normalized spacial score (nSPS) is 14.0. The number of fused-ring (bicyclic) bond motifs is 1. The van der Waals surface area contributed by atoms with Crippen LogP contribution in [0.1, 0.15) is 31.0 Å². The van der Waals surface area contributed by atoms with Crippen molar-refractivity contribution in [2.24, 2.45) is 5.92 Å². The Hall–Kier alpha value is -2.69. The minimum absolute atomic E-state index is 0.0264. The Bertz CT molecular complexity index is 716. The fourth-order valence-corrected chi connectivity index (χ4v) is 2.87. The van der Waals surface area contributed by atoms with Gasteiger partial charge in [-0.2, -0.15) is 0 Å². The first kappa shape index (κ1) is 17.1. The van der Waals surface area contributed by atoms with Gasteiger partial charge in [0.15, 0.2) is 11.5 Å². The van der Waals surface area contributed by atoms with Gasteiger partial charge in [0.25, 0.3) is 0 Å². The van der Waals surface area contributed by atoms with Crippen LogP contribution in [0.4, 0.5) is 4.79 Å². The molecule has 0 saturated carbocycles. The molecule has 1 aliphatic rings. The van der Waals surface area contributed by atoms with Gasteiger partial charge in [0, 0.05) is 6.54 Å². The Morgan fingerprint density at radius 1 is 1.04 bits per heavy atom. The summed E-state index contributed by atoms with van der Waals surface area (Å²) in [6.07, 6.45) is 0. The second-order valence-electron chi connectivity index (χ2n) is 6.44. The maximum absolute atomic E-state index is 12.3. The largest absolute Gasteiger partial charge is 0.486 e. The van der Waals surface area contributed by atoms with E-state index in [2.05, 4.69) is 24.5 Å². The molecule has 5 nitrogen and oxygen atoms in total. The molecule has 0 saturated heterocycles. The van der Waals surface area contributed by atoms with Crippen molar-refractivity contribution in [2.45, 2.75) is 26.4 Å². The lowest BCUT2D eigenvalue weighted by Gasteiger charge is -2.23. The van der Waals surface area contributed by atoms with E-state index in [-0.39, 0.29) is 12.1 Å². The lowest BCUT2D eigenvalue weighted by Crippen LogP contribution is -2.39. The van der Waals surface area contributed by atoms with E-state index in [0.29, 0.717) is 25.7 Å². The molecule has 2 N–H and O–H groups in total. The van der Waals surface area contributed by atoms with Gasteiger partial charge in [0.2, 0.25) is 0 Å². The predicted octanol–water partition coefficient (Wildman–Crippen LogP) is 3.65. The molecule has 2 amide bonds. The highest BCUT2D eigenvalue weighted by atomic mass is 16.6. The van der Waals surface area contributed by atoms with Crippen molar-refractivity contribution < 1.29 is 14.3 Å². The van der Waals surface area contributed by atoms with E-state index in [1.807, 2.05) is 48.5 Å². The SMILES string of the molecule is CC(C)C(NC(=O)NCc1ccc2c(c1)OCCO2)c1ccccc1. The van der Waals surface area contributed by atoms with Crippen LogP contribution in [0.25, 0.3) is 0 Å². The maximum atomic E-state index is 12.3. The summed E-state index contributed by atoms with van der Waals surface area (Å²) < 4.78 is 11.1. The summed E-state index contributed by atoms with van der Waals surface area (Å²) in [5.74, 6) is 1.78. The van der Waals surface area contributed by atoms with Gasteiger partial charge < -0.3 is 20.1 Å². The highest BCUT2D eigenvalue weighted by Crippen LogP contribution is 2.30. The minimum atomic E-state index is -0.183. The third kappa shape index (κ3) is 4.44. The van der Waals surface area contributed by atoms with Crippen LogP contribution in [0, 0.1) is 5.92 Å². The summed E-state index contributed by atoms with van der Waals surface area (Å²) in [7, 11) is 0. The Morgan fingerprint density at radius 2 is 1.76 bits per heavy atom. The molecule has 5 heteroatoms. The topological polar surface area (TPSA) is 59.6 Å². The molecule has 1 aliphatic heterocycles. The van der Waals surface area contributed by atoms with E-state index < -0.39 is 0 Å². The van der Waals surface area contributed by atoms with Crippen molar-refractivity contribution in [2.75, 3.05) is 13.2 Å². The van der Waals surface area contributed by atoms with Gasteiger partial charge in [0.1, 0.15) is 13.2 Å². The molecule has 132 valence electrons. The number of carbonyl (C=O) groups is 1. The Kier molecular flexibility index (Phi) is 5.43. The molecule has 2 aromatic rings. The van der Waals surface area contributed by atoms with E-state index in [9.17, 15) is 4.79 Å². The zero-order valence-corrected chi connectivity index (χ0v) is 14.6. The van der Waals surface area contributed by atoms with Crippen molar-refractivity contribution in [3.8, 4) is 11.5 Å². The Labute approximate surface area is 148 Å². The van der Waals surface area contributed by atoms with E-state index in [1.54, 1.807) is 0 Å². The summed E-state index contributed by atoms with van der Waals surface area (Å²) >= 11 is 0. The number of ether oxygens (including phenoxy) is 2. The van der Waals surface area contributed by atoms with Gasteiger partial charge in [-0.15, -0.1) is 0 Å². The van der Waals surface area contributed by atoms with Gasteiger partial charge in [-0.3, -0.25) is 0 Å². The lowest BCUT2D eigenvalue weighted by molar-refractivity contribution is 0.171. The molecular formula is C20H24N2O3. The zero-order chi connectivity index (χ0) is 17.6. The van der Waals surface area contributed by atoms with E-state index in [4.69, 9.17) is 9.47 Å². The molecule has 3 rings (SSSR count). The van der Waals surface area contributed by atoms with Gasteiger partial charge in [-0.05, 0) is 29.2 Å². The smallest absolute Gasteiger partial charge is 0.315 e. The second-order valence-corrected chi connectivity index (χ2v) is 6.44. The third-order valence-electron chi connectivity index (χ3n) is 4.17. The molecular weight excluding hydrogens is 316 g/mol. The molecule has 1 unspecified atom stereocenters. The molecule has 0 spiro atoms. The van der Waals surface area contributed by atoms with Crippen LogP contribution in [-0.4, -0.2) is 19.2 Å². The van der Waals surface area contributed by atoms with Gasteiger partial charge in [0.05, 0.1) is 6.04 Å². The minimum Gasteiger partial charge on any atom is -0.486 e.